The predicted molar refractivity (Wildman–Crippen MR) is 133 cm³/mol. The fourth-order valence-electron chi connectivity index (χ4n) is 5.49. The molecule has 7 heteroatoms. The fraction of sp³-hybridized carbons (Fsp3) is 0.429. The van der Waals surface area contributed by atoms with Crippen LogP contribution in [0.2, 0.25) is 0 Å². The molecule has 1 aliphatic carbocycles. The smallest absolute Gasteiger partial charge is 0.271 e. The van der Waals surface area contributed by atoms with E-state index in [-0.39, 0.29) is 30.2 Å². The highest BCUT2D eigenvalue weighted by atomic mass is 19.1. The van der Waals surface area contributed by atoms with Crippen LogP contribution in [0.15, 0.2) is 48.5 Å². The fourth-order valence-corrected chi connectivity index (χ4v) is 5.49. The first kappa shape index (κ1) is 23.4. The van der Waals surface area contributed by atoms with E-state index < -0.39 is 5.54 Å². The van der Waals surface area contributed by atoms with Crippen molar-refractivity contribution in [1.29, 1.82) is 0 Å². The van der Waals surface area contributed by atoms with Gasteiger partial charge in [0.05, 0.1) is 19.2 Å². The van der Waals surface area contributed by atoms with E-state index >= 15 is 0 Å². The number of nitrogens with one attached hydrogen (secondary N) is 1. The molecule has 1 saturated carbocycles. The Bertz CT molecular complexity index is 1260. The van der Waals surface area contributed by atoms with E-state index in [1.54, 1.807) is 24.1 Å². The number of carbonyl (C=O) groups excluding carboxylic acids is 2. The molecule has 2 aromatic carbocycles. The van der Waals surface area contributed by atoms with Crippen molar-refractivity contribution in [1.82, 2.24) is 14.8 Å². The molecule has 35 heavy (non-hydrogen) atoms. The molecule has 0 radical (unpaired) electrons. The van der Waals surface area contributed by atoms with Crippen molar-refractivity contribution in [3.05, 3.63) is 65.6 Å². The van der Waals surface area contributed by atoms with E-state index in [1.165, 1.54) is 25.0 Å². The van der Waals surface area contributed by atoms with Crippen LogP contribution in [0, 0.1) is 5.82 Å². The van der Waals surface area contributed by atoms with Gasteiger partial charge in [-0.05, 0) is 55.7 Å². The van der Waals surface area contributed by atoms with E-state index in [2.05, 4.69) is 5.32 Å². The van der Waals surface area contributed by atoms with Crippen LogP contribution in [0.4, 0.5) is 4.39 Å². The highest BCUT2D eigenvalue weighted by Crippen LogP contribution is 2.35. The van der Waals surface area contributed by atoms with Crippen LogP contribution in [-0.2, 0) is 17.9 Å². The molecule has 3 aromatic rings. The van der Waals surface area contributed by atoms with Crippen molar-refractivity contribution in [2.24, 2.45) is 0 Å². The lowest BCUT2D eigenvalue weighted by atomic mass is 9.93. The van der Waals surface area contributed by atoms with E-state index in [1.807, 2.05) is 35.8 Å². The molecule has 0 bridgehead atoms. The zero-order valence-corrected chi connectivity index (χ0v) is 20.4. The molecule has 0 saturated heterocycles. The summed E-state index contributed by atoms with van der Waals surface area (Å²) in [6.07, 6.45) is 6.48. The quantitative estimate of drug-likeness (QED) is 0.524. The first-order chi connectivity index (χ1) is 16.9. The van der Waals surface area contributed by atoms with Gasteiger partial charge in [0, 0.05) is 24.0 Å². The van der Waals surface area contributed by atoms with Gasteiger partial charge in [-0.3, -0.25) is 9.59 Å². The summed E-state index contributed by atoms with van der Waals surface area (Å²) < 4.78 is 21.3. The molecular weight excluding hydrogens is 445 g/mol. The maximum Gasteiger partial charge on any atom is 0.271 e. The average Bonchev–Trinajstić information content (AvgIpc) is 3.01. The molecular formula is C28H32FN3O3. The number of amides is 2. The van der Waals surface area contributed by atoms with Crippen LogP contribution < -0.4 is 10.1 Å². The van der Waals surface area contributed by atoms with Gasteiger partial charge in [-0.25, -0.2) is 4.39 Å². The van der Waals surface area contributed by atoms with Gasteiger partial charge >= 0.3 is 0 Å². The van der Waals surface area contributed by atoms with Gasteiger partial charge in [0.2, 0.25) is 5.91 Å². The Balaban J connectivity index is 1.56. The van der Waals surface area contributed by atoms with Crippen molar-refractivity contribution in [3.63, 3.8) is 0 Å². The van der Waals surface area contributed by atoms with Crippen LogP contribution in [0.25, 0.3) is 10.9 Å². The lowest BCUT2D eigenvalue weighted by Gasteiger charge is -2.44. The third kappa shape index (κ3) is 4.40. The number of nitrogens with zero attached hydrogens (tertiary/aromatic N) is 2. The number of methoxy groups -OCH3 is 1. The summed E-state index contributed by atoms with van der Waals surface area (Å²) in [5, 5.41) is 4.18. The standard InChI is InChI=1S/C28H32FN3O3/c1-28(27(34)30-22-10-5-3-4-6-11-22)18-31-24-16-23(35-2)13-12-20(24)15-25(31)26(33)32(28)17-19-8-7-9-21(29)14-19/h7-9,12-16,22H,3-6,10-11,17-18H2,1-2H3,(H,30,34)/t28-/m1/s1. The molecule has 5 rings (SSSR count). The summed E-state index contributed by atoms with van der Waals surface area (Å²) in [4.78, 5) is 29.4. The van der Waals surface area contributed by atoms with Gasteiger partial charge in [-0.2, -0.15) is 0 Å². The maximum atomic E-state index is 14.0. The lowest BCUT2D eigenvalue weighted by molar-refractivity contribution is -0.134. The SMILES string of the molecule is COc1ccc2cc3n(c2c1)C[C@](C)(C(=O)NC1CCCCCC1)N(Cc1cccc(F)c1)C3=O. The largest absolute Gasteiger partial charge is 0.497 e. The maximum absolute atomic E-state index is 14.0. The van der Waals surface area contributed by atoms with E-state index in [4.69, 9.17) is 4.74 Å². The molecule has 1 aromatic heterocycles. The van der Waals surface area contributed by atoms with Crippen molar-refractivity contribution >= 4 is 22.7 Å². The van der Waals surface area contributed by atoms with Crippen molar-refractivity contribution < 1.29 is 18.7 Å². The third-order valence-corrected chi connectivity index (χ3v) is 7.55. The molecule has 184 valence electrons. The summed E-state index contributed by atoms with van der Waals surface area (Å²) >= 11 is 0. The van der Waals surface area contributed by atoms with E-state index in [0.717, 1.165) is 36.6 Å². The summed E-state index contributed by atoms with van der Waals surface area (Å²) in [6.45, 7) is 2.28. The zero-order chi connectivity index (χ0) is 24.6. The Morgan fingerprint density at radius 1 is 1.11 bits per heavy atom. The first-order valence-electron chi connectivity index (χ1n) is 12.4. The number of rotatable bonds is 5. The normalized spacial score (nSPS) is 21.0. The number of ether oxygens (including phenoxy) is 1. The number of hydrogen-bond acceptors (Lipinski definition) is 3. The minimum atomic E-state index is -1.14. The number of fused-ring (bicyclic) bond motifs is 3. The van der Waals surface area contributed by atoms with Crippen molar-refractivity contribution in [2.75, 3.05) is 7.11 Å². The molecule has 0 spiro atoms. The van der Waals surface area contributed by atoms with Gasteiger partial charge in [0.25, 0.3) is 5.91 Å². The highest BCUT2D eigenvalue weighted by Gasteiger charge is 2.48. The van der Waals surface area contributed by atoms with Crippen molar-refractivity contribution in [2.45, 2.75) is 70.1 Å². The number of halogens is 1. The van der Waals surface area contributed by atoms with Gasteiger partial charge in [0.1, 0.15) is 22.8 Å². The highest BCUT2D eigenvalue weighted by molar-refractivity contribution is 6.03. The Hall–Kier alpha value is -3.35. The number of benzene rings is 2. The Morgan fingerprint density at radius 3 is 2.60 bits per heavy atom. The Labute approximate surface area is 205 Å². The Morgan fingerprint density at radius 2 is 1.89 bits per heavy atom. The molecule has 6 nitrogen and oxygen atoms in total. The third-order valence-electron chi connectivity index (χ3n) is 7.55. The second-order valence-corrected chi connectivity index (χ2v) is 10.00. The topological polar surface area (TPSA) is 63.6 Å². The molecule has 2 aliphatic rings. The molecule has 2 amide bonds. The van der Waals surface area contributed by atoms with Crippen LogP contribution in [0.1, 0.15) is 61.5 Å². The van der Waals surface area contributed by atoms with Gasteiger partial charge < -0.3 is 19.5 Å². The number of aromatic nitrogens is 1. The van der Waals surface area contributed by atoms with Gasteiger partial charge in [0.15, 0.2) is 0 Å². The van der Waals surface area contributed by atoms with Crippen LogP contribution >= 0.6 is 0 Å². The predicted octanol–water partition coefficient (Wildman–Crippen LogP) is 5.04. The van der Waals surface area contributed by atoms with Crippen molar-refractivity contribution in [3.8, 4) is 5.75 Å². The minimum Gasteiger partial charge on any atom is -0.497 e. The monoisotopic (exact) mass is 477 g/mol. The second-order valence-electron chi connectivity index (χ2n) is 10.00. The van der Waals surface area contributed by atoms with Crippen LogP contribution in [0.3, 0.4) is 0 Å². The summed E-state index contributed by atoms with van der Waals surface area (Å²) in [7, 11) is 1.61. The van der Waals surface area contributed by atoms with Crippen LogP contribution in [-0.4, -0.2) is 40.0 Å². The average molecular weight is 478 g/mol. The van der Waals surface area contributed by atoms with Gasteiger partial charge in [-0.15, -0.1) is 0 Å². The molecule has 2 heterocycles. The molecule has 1 atom stereocenters. The second kappa shape index (κ2) is 9.36. The summed E-state index contributed by atoms with van der Waals surface area (Å²) in [6, 6.07) is 13.9. The number of carbonyl (C=O) groups is 2. The molecule has 1 fully saturated rings. The first-order valence-corrected chi connectivity index (χ1v) is 12.4. The zero-order valence-electron chi connectivity index (χ0n) is 20.4. The number of hydrogen-bond donors (Lipinski definition) is 1. The summed E-state index contributed by atoms with van der Waals surface area (Å²) in [5.74, 6) is -0.0748. The van der Waals surface area contributed by atoms with E-state index in [0.29, 0.717) is 23.6 Å². The molecule has 1 aliphatic heterocycles. The Kier molecular flexibility index (Phi) is 6.26. The van der Waals surface area contributed by atoms with E-state index in [9.17, 15) is 14.0 Å². The van der Waals surface area contributed by atoms with Crippen LogP contribution in [0.5, 0.6) is 5.75 Å². The lowest BCUT2D eigenvalue weighted by Crippen LogP contribution is -2.64. The molecule has 1 N–H and O–H groups in total. The minimum absolute atomic E-state index is 0.107. The van der Waals surface area contributed by atoms with Gasteiger partial charge in [-0.1, -0.05) is 37.8 Å². The summed E-state index contributed by atoms with van der Waals surface area (Å²) in [5.41, 5.74) is 0.881. The molecule has 0 unspecified atom stereocenters.